The number of hydrogen-bond acceptors (Lipinski definition) is 3. The van der Waals surface area contributed by atoms with Gasteiger partial charge in [0.2, 0.25) is 0 Å². The molecule has 2 saturated heterocycles. The summed E-state index contributed by atoms with van der Waals surface area (Å²) in [5.74, 6) is 0.875. The van der Waals surface area contributed by atoms with Gasteiger partial charge in [-0.15, -0.1) is 0 Å². The monoisotopic (exact) mass is 227 g/mol. The highest BCUT2D eigenvalue weighted by molar-refractivity contribution is 4.87. The van der Waals surface area contributed by atoms with Crippen molar-refractivity contribution in [3.05, 3.63) is 0 Å². The first kappa shape index (κ1) is 12.3. The third-order valence-electron chi connectivity index (χ3n) is 4.25. The molecule has 2 aliphatic rings. The van der Waals surface area contributed by atoms with Crippen molar-refractivity contribution >= 4 is 0 Å². The topological polar surface area (TPSA) is 32.7 Å². The summed E-state index contributed by atoms with van der Waals surface area (Å²) in [6.07, 6.45) is 4.85. The average Bonchev–Trinajstić information content (AvgIpc) is 2.78. The van der Waals surface area contributed by atoms with Gasteiger partial charge < -0.3 is 14.7 Å². The Bertz CT molecular complexity index is 214. The van der Waals surface area contributed by atoms with Crippen LogP contribution in [0.3, 0.4) is 0 Å². The van der Waals surface area contributed by atoms with E-state index in [0.717, 1.165) is 38.5 Å². The average molecular weight is 227 g/mol. The fraction of sp³-hybridized carbons (Fsp3) is 1.00. The Balaban J connectivity index is 1.86. The molecular weight excluding hydrogens is 202 g/mol. The van der Waals surface area contributed by atoms with Crippen molar-refractivity contribution < 1.29 is 9.84 Å². The van der Waals surface area contributed by atoms with E-state index in [4.69, 9.17) is 4.74 Å². The fourth-order valence-corrected chi connectivity index (χ4v) is 3.07. The Morgan fingerprint density at radius 1 is 1.50 bits per heavy atom. The van der Waals surface area contributed by atoms with Gasteiger partial charge in [0.15, 0.2) is 0 Å². The minimum Gasteiger partial charge on any atom is -0.396 e. The molecule has 3 nitrogen and oxygen atoms in total. The number of ether oxygens (including phenoxy) is 1. The molecule has 0 aromatic carbocycles. The Morgan fingerprint density at radius 3 is 2.94 bits per heavy atom. The van der Waals surface area contributed by atoms with Crippen LogP contribution in [-0.2, 0) is 4.74 Å². The van der Waals surface area contributed by atoms with Crippen LogP contribution < -0.4 is 0 Å². The van der Waals surface area contributed by atoms with E-state index in [-0.39, 0.29) is 12.0 Å². The van der Waals surface area contributed by atoms with Crippen molar-refractivity contribution in [2.75, 3.05) is 39.5 Å². The van der Waals surface area contributed by atoms with Gasteiger partial charge in [-0.1, -0.05) is 13.3 Å². The molecule has 0 aromatic heterocycles. The van der Waals surface area contributed by atoms with Crippen LogP contribution in [0.2, 0.25) is 0 Å². The molecule has 1 N–H and O–H groups in total. The van der Waals surface area contributed by atoms with Gasteiger partial charge in [0.1, 0.15) is 0 Å². The third kappa shape index (κ3) is 2.76. The van der Waals surface area contributed by atoms with Gasteiger partial charge in [0, 0.05) is 25.1 Å². The van der Waals surface area contributed by atoms with Crippen molar-refractivity contribution in [2.24, 2.45) is 11.3 Å². The molecule has 3 heteroatoms. The Hall–Kier alpha value is -0.120. The number of likely N-dealkylation sites (tertiary alicyclic amines) is 1. The lowest BCUT2D eigenvalue weighted by molar-refractivity contribution is -0.0529. The minimum absolute atomic E-state index is 0.0287. The van der Waals surface area contributed by atoms with Gasteiger partial charge in [-0.2, -0.15) is 0 Å². The van der Waals surface area contributed by atoms with E-state index in [1.165, 1.54) is 25.9 Å². The molecule has 2 heterocycles. The molecule has 2 aliphatic heterocycles. The second-order valence-corrected chi connectivity index (χ2v) is 5.61. The molecule has 2 fully saturated rings. The number of rotatable bonds is 4. The Labute approximate surface area is 98.8 Å². The SMILES string of the molecule is CCC1CCN(CC2(CO)CCCOC2)C1. The van der Waals surface area contributed by atoms with E-state index in [0.29, 0.717) is 0 Å². The molecule has 0 spiro atoms. The highest BCUT2D eigenvalue weighted by atomic mass is 16.5. The van der Waals surface area contributed by atoms with Gasteiger partial charge in [-0.25, -0.2) is 0 Å². The lowest BCUT2D eigenvalue weighted by Gasteiger charge is -2.38. The highest BCUT2D eigenvalue weighted by Gasteiger charge is 2.36. The quantitative estimate of drug-likeness (QED) is 0.790. The van der Waals surface area contributed by atoms with E-state index in [9.17, 15) is 5.11 Å². The molecule has 0 radical (unpaired) electrons. The van der Waals surface area contributed by atoms with Gasteiger partial charge in [-0.3, -0.25) is 0 Å². The molecule has 2 atom stereocenters. The number of aliphatic hydroxyl groups excluding tert-OH is 1. The van der Waals surface area contributed by atoms with Gasteiger partial charge in [0.05, 0.1) is 13.2 Å². The van der Waals surface area contributed by atoms with Crippen molar-refractivity contribution in [3.8, 4) is 0 Å². The maximum atomic E-state index is 9.62. The highest BCUT2D eigenvalue weighted by Crippen LogP contribution is 2.31. The zero-order valence-electron chi connectivity index (χ0n) is 10.5. The van der Waals surface area contributed by atoms with Crippen molar-refractivity contribution in [1.82, 2.24) is 4.90 Å². The Morgan fingerprint density at radius 2 is 2.38 bits per heavy atom. The van der Waals surface area contributed by atoms with Gasteiger partial charge >= 0.3 is 0 Å². The molecule has 16 heavy (non-hydrogen) atoms. The molecule has 0 saturated carbocycles. The van der Waals surface area contributed by atoms with E-state index < -0.39 is 0 Å². The minimum atomic E-state index is 0.0287. The Kier molecular flexibility index (Phi) is 4.22. The summed E-state index contributed by atoms with van der Waals surface area (Å²) in [6, 6.07) is 0. The summed E-state index contributed by atoms with van der Waals surface area (Å²) >= 11 is 0. The summed E-state index contributed by atoms with van der Waals surface area (Å²) in [6.45, 7) is 7.63. The number of nitrogens with zero attached hydrogens (tertiary/aromatic N) is 1. The van der Waals surface area contributed by atoms with Crippen LogP contribution in [-0.4, -0.2) is 49.5 Å². The zero-order valence-corrected chi connectivity index (χ0v) is 10.5. The van der Waals surface area contributed by atoms with Gasteiger partial charge in [-0.05, 0) is 31.7 Å². The molecule has 0 bridgehead atoms. The zero-order chi connectivity index (χ0) is 11.4. The lowest BCUT2D eigenvalue weighted by Crippen LogP contribution is -2.45. The first-order valence-electron chi connectivity index (χ1n) is 6.69. The molecular formula is C13H25NO2. The summed E-state index contributed by atoms with van der Waals surface area (Å²) in [5.41, 5.74) is 0.0287. The number of aliphatic hydroxyl groups is 1. The van der Waals surface area contributed by atoms with Crippen LogP contribution in [0.15, 0.2) is 0 Å². The normalized spacial score (nSPS) is 36.8. The van der Waals surface area contributed by atoms with Gasteiger partial charge in [0.25, 0.3) is 0 Å². The van der Waals surface area contributed by atoms with Crippen LogP contribution in [0.1, 0.15) is 32.6 Å². The van der Waals surface area contributed by atoms with Crippen LogP contribution in [0.4, 0.5) is 0 Å². The first-order valence-corrected chi connectivity index (χ1v) is 6.69. The standard InChI is InChI=1S/C13H25NO2/c1-2-12-4-6-14(8-12)9-13(10-15)5-3-7-16-11-13/h12,15H,2-11H2,1H3. The maximum Gasteiger partial charge on any atom is 0.0556 e. The second kappa shape index (κ2) is 5.48. The largest absolute Gasteiger partial charge is 0.396 e. The summed E-state index contributed by atoms with van der Waals surface area (Å²) < 4.78 is 5.55. The summed E-state index contributed by atoms with van der Waals surface area (Å²) in [7, 11) is 0. The van der Waals surface area contributed by atoms with Crippen molar-refractivity contribution in [3.63, 3.8) is 0 Å². The molecule has 94 valence electrons. The lowest BCUT2D eigenvalue weighted by atomic mass is 9.83. The molecule has 2 rings (SSSR count). The predicted octanol–water partition coefficient (Wildman–Crippen LogP) is 1.51. The summed E-state index contributed by atoms with van der Waals surface area (Å²) in [5, 5.41) is 9.62. The predicted molar refractivity (Wildman–Crippen MR) is 64.4 cm³/mol. The molecule has 0 aromatic rings. The van der Waals surface area contributed by atoms with Crippen LogP contribution in [0.5, 0.6) is 0 Å². The van der Waals surface area contributed by atoms with Crippen molar-refractivity contribution in [2.45, 2.75) is 32.6 Å². The van der Waals surface area contributed by atoms with Crippen molar-refractivity contribution in [1.29, 1.82) is 0 Å². The molecule has 0 amide bonds. The molecule has 0 aliphatic carbocycles. The van der Waals surface area contributed by atoms with E-state index in [1.807, 2.05) is 0 Å². The van der Waals surface area contributed by atoms with E-state index in [1.54, 1.807) is 0 Å². The van der Waals surface area contributed by atoms with Crippen LogP contribution in [0, 0.1) is 11.3 Å². The fourth-order valence-electron chi connectivity index (χ4n) is 3.07. The van der Waals surface area contributed by atoms with Crippen LogP contribution in [0.25, 0.3) is 0 Å². The maximum absolute atomic E-state index is 9.62. The number of hydrogen-bond donors (Lipinski definition) is 1. The first-order chi connectivity index (χ1) is 7.78. The molecule has 2 unspecified atom stereocenters. The van der Waals surface area contributed by atoms with Crippen LogP contribution >= 0.6 is 0 Å². The van der Waals surface area contributed by atoms with E-state index >= 15 is 0 Å². The smallest absolute Gasteiger partial charge is 0.0556 e. The second-order valence-electron chi connectivity index (χ2n) is 5.61. The van der Waals surface area contributed by atoms with E-state index in [2.05, 4.69) is 11.8 Å². The summed E-state index contributed by atoms with van der Waals surface area (Å²) in [4.78, 5) is 2.53. The third-order valence-corrected chi connectivity index (χ3v) is 4.25.